The van der Waals surface area contributed by atoms with Gasteiger partial charge in [0.05, 0.1) is 12.6 Å². The maximum atomic E-state index is 13.2. The van der Waals surface area contributed by atoms with Crippen LogP contribution >= 0.6 is 0 Å². The number of benzene rings is 3. The number of rotatable bonds is 6. The van der Waals surface area contributed by atoms with E-state index in [-0.39, 0.29) is 30.3 Å². The SMILES string of the molecule is O=C1CN(C(=O)CC(c2ccccc2)c2ccccc2)C[C@H](Cc2ccccc2)N1. The summed E-state index contributed by atoms with van der Waals surface area (Å²) in [5.41, 5.74) is 3.38. The number of nitrogens with one attached hydrogen (secondary N) is 1. The van der Waals surface area contributed by atoms with Crippen molar-refractivity contribution >= 4 is 11.8 Å². The van der Waals surface area contributed by atoms with Crippen molar-refractivity contribution in [3.8, 4) is 0 Å². The Morgan fingerprint density at radius 1 is 0.867 bits per heavy atom. The smallest absolute Gasteiger partial charge is 0.239 e. The molecule has 1 heterocycles. The molecule has 0 aromatic heterocycles. The highest BCUT2D eigenvalue weighted by molar-refractivity contribution is 5.86. The summed E-state index contributed by atoms with van der Waals surface area (Å²) in [6, 6.07) is 30.2. The Bertz CT molecular complexity index is 934. The highest BCUT2D eigenvalue weighted by Crippen LogP contribution is 2.28. The molecule has 152 valence electrons. The Balaban J connectivity index is 1.49. The van der Waals surface area contributed by atoms with Gasteiger partial charge in [0.25, 0.3) is 0 Å². The van der Waals surface area contributed by atoms with Crippen LogP contribution in [0.2, 0.25) is 0 Å². The summed E-state index contributed by atoms with van der Waals surface area (Å²) < 4.78 is 0. The van der Waals surface area contributed by atoms with Gasteiger partial charge in [0.1, 0.15) is 0 Å². The number of amides is 2. The van der Waals surface area contributed by atoms with E-state index in [0.717, 1.165) is 23.1 Å². The predicted octanol–water partition coefficient (Wildman–Crippen LogP) is 3.78. The zero-order chi connectivity index (χ0) is 20.8. The molecule has 0 saturated carbocycles. The van der Waals surface area contributed by atoms with E-state index in [1.54, 1.807) is 4.90 Å². The van der Waals surface area contributed by atoms with Crippen LogP contribution in [0, 0.1) is 0 Å². The molecule has 1 aliphatic rings. The van der Waals surface area contributed by atoms with Crippen molar-refractivity contribution in [1.29, 1.82) is 0 Å². The van der Waals surface area contributed by atoms with Gasteiger partial charge in [-0.05, 0) is 23.1 Å². The molecule has 4 nitrogen and oxygen atoms in total. The summed E-state index contributed by atoms with van der Waals surface area (Å²) in [5, 5.41) is 3.03. The topological polar surface area (TPSA) is 49.4 Å². The average Bonchev–Trinajstić information content (AvgIpc) is 2.79. The van der Waals surface area contributed by atoms with Crippen LogP contribution in [0.3, 0.4) is 0 Å². The minimum Gasteiger partial charge on any atom is -0.350 e. The Kier molecular flexibility index (Phi) is 6.23. The molecule has 4 rings (SSSR count). The zero-order valence-electron chi connectivity index (χ0n) is 16.9. The third-order valence-corrected chi connectivity index (χ3v) is 5.60. The molecule has 1 N–H and O–H groups in total. The summed E-state index contributed by atoms with van der Waals surface area (Å²) in [5.74, 6) is -0.107. The first-order valence-electron chi connectivity index (χ1n) is 10.4. The number of carbonyl (C=O) groups excluding carboxylic acids is 2. The summed E-state index contributed by atoms with van der Waals surface area (Å²) in [4.78, 5) is 27.3. The maximum Gasteiger partial charge on any atom is 0.239 e. The fourth-order valence-corrected chi connectivity index (χ4v) is 4.13. The molecule has 3 aromatic carbocycles. The van der Waals surface area contributed by atoms with Crippen molar-refractivity contribution in [2.75, 3.05) is 13.1 Å². The van der Waals surface area contributed by atoms with Crippen LogP contribution in [0.5, 0.6) is 0 Å². The minimum atomic E-state index is -0.0912. The van der Waals surface area contributed by atoms with Gasteiger partial charge in [-0.1, -0.05) is 91.0 Å². The summed E-state index contributed by atoms with van der Waals surface area (Å²) in [6.45, 7) is 0.663. The highest BCUT2D eigenvalue weighted by atomic mass is 16.2. The highest BCUT2D eigenvalue weighted by Gasteiger charge is 2.30. The minimum absolute atomic E-state index is 0.0145. The molecule has 30 heavy (non-hydrogen) atoms. The van der Waals surface area contributed by atoms with Crippen LogP contribution in [0.25, 0.3) is 0 Å². The van der Waals surface area contributed by atoms with Crippen molar-refractivity contribution in [3.05, 3.63) is 108 Å². The second-order valence-corrected chi connectivity index (χ2v) is 7.81. The van der Waals surface area contributed by atoms with Gasteiger partial charge in [-0.25, -0.2) is 0 Å². The van der Waals surface area contributed by atoms with Crippen molar-refractivity contribution < 1.29 is 9.59 Å². The van der Waals surface area contributed by atoms with Crippen LogP contribution in [-0.4, -0.2) is 35.8 Å². The van der Waals surface area contributed by atoms with Crippen molar-refractivity contribution in [1.82, 2.24) is 10.2 Å². The first-order chi connectivity index (χ1) is 14.7. The fraction of sp³-hybridized carbons (Fsp3) is 0.231. The Morgan fingerprint density at radius 2 is 1.40 bits per heavy atom. The maximum absolute atomic E-state index is 13.2. The van der Waals surface area contributed by atoms with Crippen molar-refractivity contribution in [2.45, 2.75) is 24.8 Å². The van der Waals surface area contributed by atoms with Gasteiger partial charge in [-0.2, -0.15) is 0 Å². The molecule has 3 aromatic rings. The molecule has 0 spiro atoms. The third kappa shape index (κ3) is 4.95. The summed E-state index contributed by atoms with van der Waals surface area (Å²) >= 11 is 0. The number of piperazine rings is 1. The first-order valence-corrected chi connectivity index (χ1v) is 10.4. The Labute approximate surface area is 177 Å². The van der Waals surface area contributed by atoms with Gasteiger partial charge in [0.2, 0.25) is 11.8 Å². The molecular formula is C26H26N2O2. The van der Waals surface area contributed by atoms with Crippen molar-refractivity contribution in [3.63, 3.8) is 0 Å². The Morgan fingerprint density at radius 3 is 1.97 bits per heavy atom. The van der Waals surface area contributed by atoms with E-state index in [4.69, 9.17) is 0 Å². The van der Waals surface area contributed by atoms with E-state index in [1.807, 2.05) is 66.7 Å². The predicted molar refractivity (Wildman–Crippen MR) is 118 cm³/mol. The fourth-order valence-electron chi connectivity index (χ4n) is 4.13. The van der Waals surface area contributed by atoms with E-state index >= 15 is 0 Å². The van der Waals surface area contributed by atoms with E-state index < -0.39 is 0 Å². The molecule has 0 bridgehead atoms. The van der Waals surface area contributed by atoms with Gasteiger partial charge in [0, 0.05) is 18.9 Å². The summed E-state index contributed by atoms with van der Waals surface area (Å²) in [7, 11) is 0. The van der Waals surface area contributed by atoms with Gasteiger partial charge >= 0.3 is 0 Å². The van der Waals surface area contributed by atoms with Crippen molar-refractivity contribution in [2.24, 2.45) is 0 Å². The lowest BCUT2D eigenvalue weighted by atomic mass is 9.88. The molecule has 1 aliphatic heterocycles. The standard InChI is InChI=1S/C26H26N2O2/c29-25-19-28(18-23(27-25)16-20-10-4-1-5-11-20)26(30)17-24(21-12-6-2-7-13-21)22-14-8-3-9-15-22/h1-15,23-24H,16-19H2,(H,27,29)/t23-/m0/s1. The van der Waals surface area contributed by atoms with Crippen LogP contribution < -0.4 is 5.32 Å². The second kappa shape index (κ2) is 9.40. The normalized spacial score (nSPS) is 16.4. The lowest BCUT2D eigenvalue weighted by Crippen LogP contribution is -2.56. The van der Waals surface area contributed by atoms with E-state index in [0.29, 0.717) is 13.0 Å². The number of carbonyl (C=O) groups is 2. The van der Waals surface area contributed by atoms with Crippen LogP contribution in [-0.2, 0) is 16.0 Å². The molecule has 0 unspecified atom stereocenters. The zero-order valence-corrected chi connectivity index (χ0v) is 16.9. The van der Waals surface area contributed by atoms with E-state index in [1.165, 1.54) is 0 Å². The van der Waals surface area contributed by atoms with Gasteiger partial charge in [-0.3, -0.25) is 9.59 Å². The first kappa shape index (κ1) is 19.9. The summed E-state index contributed by atoms with van der Waals surface area (Å²) in [6.07, 6.45) is 1.07. The monoisotopic (exact) mass is 398 g/mol. The molecule has 0 aliphatic carbocycles. The molecule has 1 fully saturated rings. The van der Waals surface area contributed by atoms with E-state index in [9.17, 15) is 9.59 Å². The van der Waals surface area contributed by atoms with Gasteiger partial charge in [-0.15, -0.1) is 0 Å². The van der Waals surface area contributed by atoms with E-state index in [2.05, 4.69) is 29.6 Å². The third-order valence-electron chi connectivity index (χ3n) is 5.60. The van der Waals surface area contributed by atoms with Gasteiger partial charge in [0.15, 0.2) is 0 Å². The average molecular weight is 399 g/mol. The Hall–Kier alpha value is -3.40. The molecular weight excluding hydrogens is 372 g/mol. The quantitative estimate of drug-likeness (QED) is 0.687. The second-order valence-electron chi connectivity index (χ2n) is 7.81. The number of nitrogens with zero attached hydrogens (tertiary/aromatic N) is 1. The largest absolute Gasteiger partial charge is 0.350 e. The lowest BCUT2D eigenvalue weighted by Gasteiger charge is -2.34. The van der Waals surface area contributed by atoms with Crippen LogP contribution in [0.1, 0.15) is 29.0 Å². The van der Waals surface area contributed by atoms with Crippen LogP contribution in [0.15, 0.2) is 91.0 Å². The number of hydrogen-bond donors (Lipinski definition) is 1. The molecule has 0 radical (unpaired) electrons. The molecule has 4 heteroatoms. The lowest BCUT2D eigenvalue weighted by molar-refractivity contribution is -0.139. The molecule has 1 atom stereocenters. The number of hydrogen-bond acceptors (Lipinski definition) is 2. The van der Waals surface area contributed by atoms with Crippen LogP contribution in [0.4, 0.5) is 0 Å². The molecule has 2 amide bonds. The molecule has 1 saturated heterocycles. The van der Waals surface area contributed by atoms with Gasteiger partial charge < -0.3 is 10.2 Å².